The number of rotatable bonds is 7. The molecule has 6 nitrogen and oxygen atoms in total. The van der Waals surface area contributed by atoms with Gasteiger partial charge in [0.05, 0.1) is 0 Å². The molecule has 0 bridgehead atoms. The third kappa shape index (κ3) is 6.75. The Bertz CT molecular complexity index is 821. The van der Waals surface area contributed by atoms with E-state index < -0.39 is 18.0 Å². The number of carbonyl (C=O) groups excluding carboxylic acids is 3. The first-order chi connectivity index (χ1) is 12.8. The third-order valence-electron chi connectivity index (χ3n) is 3.73. The van der Waals surface area contributed by atoms with E-state index in [0.29, 0.717) is 17.1 Å². The van der Waals surface area contributed by atoms with Gasteiger partial charge in [-0.25, -0.2) is 0 Å². The number of hydrogen-bond acceptors (Lipinski definition) is 4. The maximum atomic E-state index is 12.0. The molecule has 1 atom stereocenters. The summed E-state index contributed by atoms with van der Waals surface area (Å²) in [5, 5.41) is 5.76. The van der Waals surface area contributed by atoms with Gasteiger partial charge in [-0.15, -0.1) is 0 Å². The Morgan fingerprint density at radius 1 is 1.07 bits per heavy atom. The van der Waals surface area contributed by atoms with Gasteiger partial charge >= 0.3 is 5.97 Å². The molecule has 27 heavy (non-hydrogen) atoms. The number of esters is 1. The summed E-state index contributed by atoms with van der Waals surface area (Å²) < 4.78 is 5.04. The average molecular weight is 389 g/mol. The first kappa shape index (κ1) is 20.5. The van der Waals surface area contributed by atoms with E-state index in [0.717, 1.165) is 11.1 Å². The molecule has 7 heteroatoms. The minimum Gasteiger partial charge on any atom is -0.451 e. The first-order valence-corrected chi connectivity index (χ1v) is 8.79. The van der Waals surface area contributed by atoms with Crippen molar-refractivity contribution >= 4 is 29.4 Å². The largest absolute Gasteiger partial charge is 0.451 e. The number of aryl methyl sites for hydroxylation is 1. The zero-order valence-corrected chi connectivity index (χ0v) is 15.9. The predicted molar refractivity (Wildman–Crippen MR) is 102 cm³/mol. The Morgan fingerprint density at radius 3 is 2.44 bits per heavy atom. The van der Waals surface area contributed by atoms with Crippen LogP contribution in [-0.4, -0.2) is 30.4 Å². The summed E-state index contributed by atoms with van der Waals surface area (Å²) in [7, 11) is 0. The maximum Gasteiger partial charge on any atom is 0.326 e. The van der Waals surface area contributed by atoms with Crippen molar-refractivity contribution in [2.45, 2.75) is 26.5 Å². The highest BCUT2D eigenvalue weighted by atomic mass is 35.5. The van der Waals surface area contributed by atoms with E-state index in [1.807, 2.05) is 13.0 Å². The van der Waals surface area contributed by atoms with Crippen LogP contribution in [-0.2, 0) is 20.9 Å². The second kappa shape index (κ2) is 9.73. The number of hydrogen-bond donors (Lipinski definition) is 2. The number of carbonyl (C=O) groups is 3. The molecule has 0 heterocycles. The van der Waals surface area contributed by atoms with Gasteiger partial charge in [0.2, 0.25) is 0 Å². The molecule has 0 spiro atoms. The predicted octanol–water partition coefficient (Wildman–Crippen LogP) is 2.63. The van der Waals surface area contributed by atoms with Crippen LogP contribution in [0.3, 0.4) is 0 Å². The smallest absolute Gasteiger partial charge is 0.326 e. The van der Waals surface area contributed by atoms with E-state index in [2.05, 4.69) is 10.6 Å². The van der Waals surface area contributed by atoms with Gasteiger partial charge in [-0.2, -0.15) is 0 Å². The molecule has 0 aliphatic rings. The molecule has 2 aromatic carbocycles. The molecular weight excluding hydrogens is 368 g/mol. The highest BCUT2D eigenvalue weighted by Crippen LogP contribution is 2.09. The van der Waals surface area contributed by atoms with E-state index in [-0.39, 0.29) is 12.5 Å². The van der Waals surface area contributed by atoms with Gasteiger partial charge < -0.3 is 15.4 Å². The summed E-state index contributed by atoms with van der Waals surface area (Å²) in [5.74, 6) is -1.50. The Kier molecular flexibility index (Phi) is 7.37. The topological polar surface area (TPSA) is 84.5 Å². The lowest BCUT2D eigenvalue weighted by Gasteiger charge is -2.14. The lowest BCUT2D eigenvalue weighted by Crippen LogP contribution is -2.38. The molecule has 2 amide bonds. The van der Waals surface area contributed by atoms with Crippen molar-refractivity contribution in [2.24, 2.45) is 0 Å². The van der Waals surface area contributed by atoms with Gasteiger partial charge in [0.15, 0.2) is 6.10 Å². The number of nitrogens with one attached hydrogen (secondary N) is 2. The normalized spacial score (nSPS) is 11.4. The number of benzene rings is 2. The number of amides is 2. The summed E-state index contributed by atoms with van der Waals surface area (Å²) in [4.78, 5) is 35.9. The Balaban J connectivity index is 1.74. The zero-order valence-electron chi connectivity index (χ0n) is 15.1. The lowest BCUT2D eigenvalue weighted by atomic mass is 10.1. The van der Waals surface area contributed by atoms with Gasteiger partial charge in [-0.3, -0.25) is 14.4 Å². The summed E-state index contributed by atoms with van der Waals surface area (Å²) in [5.41, 5.74) is 2.27. The molecule has 0 aromatic heterocycles. The molecule has 0 aliphatic heterocycles. The van der Waals surface area contributed by atoms with Crippen LogP contribution in [0.5, 0.6) is 0 Å². The molecule has 1 unspecified atom stereocenters. The van der Waals surface area contributed by atoms with Gasteiger partial charge in [-0.05, 0) is 43.7 Å². The fraction of sp³-hybridized carbons (Fsp3) is 0.250. The molecule has 2 N–H and O–H groups in total. The Morgan fingerprint density at radius 2 is 1.78 bits per heavy atom. The fourth-order valence-corrected chi connectivity index (χ4v) is 2.39. The van der Waals surface area contributed by atoms with Crippen LogP contribution in [0.15, 0.2) is 48.5 Å². The van der Waals surface area contributed by atoms with Gasteiger partial charge in [0.1, 0.15) is 6.54 Å². The lowest BCUT2D eigenvalue weighted by molar-refractivity contribution is -0.153. The van der Waals surface area contributed by atoms with E-state index in [1.165, 1.54) is 6.92 Å². The summed E-state index contributed by atoms with van der Waals surface area (Å²) in [6.07, 6.45) is -0.972. The molecule has 2 aromatic rings. The zero-order chi connectivity index (χ0) is 19.8. The first-order valence-electron chi connectivity index (χ1n) is 8.41. The minimum atomic E-state index is -0.972. The summed E-state index contributed by atoms with van der Waals surface area (Å²) in [6, 6.07) is 14.0. The minimum absolute atomic E-state index is 0.294. The average Bonchev–Trinajstić information content (AvgIpc) is 2.65. The van der Waals surface area contributed by atoms with Gasteiger partial charge in [0.25, 0.3) is 11.8 Å². The van der Waals surface area contributed by atoms with Crippen molar-refractivity contribution in [3.05, 3.63) is 70.2 Å². The molecule has 0 fully saturated rings. The van der Waals surface area contributed by atoms with E-state index in [9.17, 15) is 14.4 Å². The fourth-order valence-electron chi connectivity index (χ4n) is 2.27. The monoisotopic (exact) mass is 388 g/mol. The molecule has 0 aliphatic carbocycles. The standard InChI is InChI=1S/C20H21ClN2O4/c1-13-4-3-5-16(10-13)20(26)23-12-18(24)27-14(2)19(25)22-11-15-6-8-17(21)9-7-15/h3-10,14H,11-12H2,1-2H3,(H,22,25)(H,23,26). The Hall–Kier alpha value is -2.86. The van der Waals surface area contributed by atoms with Gasteiger partial charge in [-0.1, -0.05) is 41.4 Å². The van der Waals surface area contributed by atoms with Crippen molar-refractivity contribution in [1.29, 1.82) is 0 Å². The van der Waals surface area contributed by atoms with E-state index >= 15 is 0 Å². The molecule has 2 rings (SSSR count). The highest BCUT2D eigenvalue weighted by molar-refractivity contribution is 6.30. The van der Waals surface area contributed by atoms with E-state index in [1.54, 1.807) is 42.5 Å². The van der Waals surface area contributed by atoms with Crippen LogP contribution in [0.2, 0.25) is 5.02 Å². The Labute approximate surface area is 162 Å². The molecular formula is C20H21ClN2O4. The van der Waals surface area contributed by atoms with Crippen molar-refractivity contribution in [1.82, 2.24) is 10.6 Å². The summed E-state index contributed by atoms with van der Waals surface area (Å²) in [6.45, 7) is 3.32. The van der Waals surface area contributed by atoms with E-state index in [4.69, 9.17) is 16.3 Å². The third-order valence-corrected chi connectivity index (χ3v) is 3.98. The maximum absolute atomic E-state index is 12.0. The van der Waals surface area contributed by atoms with Crippen LogP contribution in [0, 0.1) is 6.92 Å². The van der Waals surface area contributed by atoms with Crippen molar-refractivity contribution in [2.75, 3.05) is 6.54 Å². The van der Waals surface area contributed by atoms with Crippen molar-refractivity contribution in [3.63, 3.8) is 0 Å². The highest BCUT2D eigenvalue weighted by Gasteiger charge is 2.18. The van der Waals surface area contributed by atoms with Crippen LogP contribution in [0.25, 0.3) is 0 Å². The van der Waals surface area contributed by atoms with Crippen LogP contribution in [0.1, 0.15) is 28.4 Å². The molecule has 0 saturated carbocycles. The van der Waals surface area contributed by atoms with Crippen molar-refractivity contribution < 1.29 is 19.1 Å². The van der Waals surface area contributed by atoms with Crippen LogP contribution < -0.4 is 10.6 Å². The van der Waals surface area contributed by atoms with Gasteiger partial charge in [0, 0.05) is 17.1 Å². The second-order valence-corrected chi connectivity index (χ2v) is 6.46. The quantitative estimate of drug-likeness (QED) is 0.714. The summed E-state index contributed by atoms with van der Waals surface area (Å²) >= 11 is 5.81. The number of ether oxygens (including phenoxy) is 1. The molecule has 142 valence electrons. The second-order valence-electron chi connectivity index (χ2n) is 6.03. The molecule has 0 radical (unpaired) electrons. The van der Waals surface area contributed by atoms with Crippen LogP contribution >= 0.6 is 11.6 Å². The van der Waals surface area contributed by atoms with Crippen LogP contribution in [0.4, 0.5) is 0 Å². The number of halogens is 1. The van der Waals surface area contributed by atoms with Crippen molar-refractivity contribution in [3.8, 4) is 0 Å². The molecule has 0 saturated heterocycles. The SMILES string of the molecule is Cc1cccc(C(=O)NCC(=O)OC(C)C(=O)NCc2ccc(Cl)cc2)c1.